The van der Waals surface area contributed by atoms with E-state index in [0.717, 1.165) is 42.7 Å². The molecule has 1 unspecified atom stereocenters. The van der Waals surface area contributed by atoms with Gasteiger partial charge in [-0.2, -0.15) is 0 Å². The van der Waals surface area contributed by atoms with Crippen LogP contribution in [0.1, 0.15) is 87.5 Å². The molecule has 0 aromatic heterocycles. The molecule has 0 spiro atoms. The van der Waals surface area contributed by atoms with E-state index in [9.17, 15) is 14.7 Å². The average Bonchev–Trinajstić information content (AvgIpc) is 2.79. The topological polar surface area (TPSA) is 54.4 Å². The van der Waals surface area contributed by atoms with E-state index in [1.807, 2.05) is 32.0 Å². The normalized spacial score (nSPS) is 15.1. The zero-order valence-electron chi connectivity index (χ0n) is 21.7. The molecule has 1 aliphatic rings. The minimum Gasteiger partial charge on any atom is -0.480 e. The van der Waals surface area contributed by atoms with Crippen molar-refractivity contribution in [1.29, 1.82) is 0 Å². The van der Waals surface area contributed by atoms with E-state index in [1.165, 1.54) is 36.8 Å². The molecule has 1 atom stereocenters. The van der Waals surface area contributed by atoms with E-state index in [2.05, 4.69) is 44.2 Å². The van der Waals surface area contributed by atoms with E-state index in [-0.39, 0.29) is 12.3 Å². The van der Waals surface area contributed by atoms with Crippen LogP contribution in [0, 0.1) is 31.1 Å². The maximum Gasteiger partial charge on any atom is 0.317 e. The standard InChI is InChI=1S/C20H30O3.C11H14/c1-5-7-17(8-6-2)12-20(14-21,19(22)23)13-18-10-9-15(3)16(4)11-18;1-2-5-10(6-3-1)9-11-7-4-8-11/h9-11,14,17H,5-8,12-13H2,1-4H3,(H,22,23);1-3,5-6,11H,4,7-9H2. The van der Waals surface area contributed by atoms with Gasteiger partial charge >= 0.3 is 5.97 Å². The van der Waals surface area contributed by atoms with Gasteiger partial charge in [-0.25, -0.2) is 0 Å². The van der Waals surface area contributed by atoms with Gasteiger partial charge in [0, 0.05) is 0 Å². The predicted octanol–water partition coefficient (Wildman–Crippen LogP) is 7.75. The fourth-order valence-corrected chi connectivity index (χ4v) is 4.98. The second kappa shape index (κ2) is 14.1. The molecule has 1 fully saturated rings. The Kier molecular flexibility index (Phi) is 11.5. The van der Waals surface area contributed by atoms with Crippen molar-refractivity contribution in [3.63, 3.8) is 0 Å². The number of carboxylic acid groups (broad SMARTS) is 1. The SMILES string of the molecule is CCCC(CCC)CC(C=O)(Cc1ccc(C)c(C)c1)C(=O)O.c1ccc(CC2CCC2)cc1. The van der Waals surface area contributed by atoms with Crippen molar-refractivity contribution in [3.05, 3.63) is 70.8 Å². The molecular formula is C31H44O3. The van der Waals surface area contributed by atoms with Crippen molar-refractivity contribution in [2.75, 3.05) is 0 Å². The second-order valence-electron chi connectivity index (χ2n) is 10.3. The molecule has 1 N–H and O–H groups in total. The lowest BCUT2D eigenvalue weighted by atomic mass is 9.73. The number of aldehydes is 1. The summed E-state index contributed by atoms with van der Waals surface area (Å²) in [5, 5.41) is 9.76. The highest BCUT2D eigenvalue weighted by atomic mass is 16.4. The predicted molar refractivity (Wildman–Crippen MR) is 141 cm³/mol. The summed E-state index contributed by atoms with van der Waals surface area (Å²) < 4.78 is 0. The van der Waals surface area contributed by atoms with Crippen molar-refractivity contribution in [2.24, 2.45) is 17.3 Å². The van der Waals surface area contributed by atoms with Crippen molar-refractivity contribution in [3.8, 4) is 0 Å². The third kappa shape index (κ3) is 8.42. The van der Waals surface area contributed by atoms with Gasteiger partial charge in [-0.05, 0) is 67.2 Å². The lowest BCUT2D eigenvalue weighted by Gasteiger charge is -2.28. The monoisotopic (exact) mass is 464 g/mol. The maximum absolute atomic E-state index is 11.9. The minimum absolute atomic E-state index is 0.275. The molecule has 3 heteroatoms. The number of rotatable bonds is 12. The Labute approximate surface area is 207 Å². The summed E-state index contributed by atoms with van der Waals surface area (Å²) in [7, 11) is 0. The number of aryl methyl sites for hydroxylation is 2. The molecule has 186 valence electrons. The second-order valence-corrected chi connectivity index (χ2v) is 10.3. The molecule has 0 saturated heterocycles. The molecule has 0 heterocycles. The summed E-state index contributed by atoms with van der Waals surface area (Å²) >= 11 is 0. The molecule has 0 bridgehead atoms. The van der Waals surface area contributed by atoms with Gasteiger partial charge in [0.15, 0.2) is 0 Å². The fraction of sp³-hybridized carbons (Fsp3) is 0.548. The molecule has 1 aliphatic carbocycles. The first-order valence-electron chi connectivity index (χ1n) is 13.1. The van der Waals surface area contributed by atoms with Gasteiger partial charge < -0.3 is 9.90 Å². The summed E-state index contributed by atoms with van der Waals surface area (Å²) in [4.78, 5) is 23.7. The van der Waals surface area contributed by atoms with E-state index >= 15 is 0 Å². The third-order valence-corrected chi connectivity index (χ3v) is 7.38. The number of carboxylic acids is 1. The first-order chi connectivity index (χ1) is 16.3. The Balaban J connectivity index is 0.000000305. The van der Waals surface area contributed by atoms with Gasteiger partial charge in [0.2, 0.25) is 0 Å². The summed E-state index contributed by atoms with van der Waals surface area (Å²) in [5.41, 5.74) is 3.44. The molecule has 1 saturated carbocycles. The number of carbonyl (C=O) groups is 2. The van der Waals surface area contributed by atoms with Crippen LogP contribution in [-0.4, -0.2) is 17.4 Å². The minimum atomic E-state index is -1.31. The summed E-state index contributed by atoms with van der Waals surface area (Å²) in [6, 6.07) is 16.8. The summed E-state index contributed by atoms with van der Waals surface area (Å²) in [6.07, 6.45) is 11.0. The smallest absolute Gasteiger partial charge is 0.317 e. The lowest BCUT2D eigenvalue weighted by molar-refractivity contribution is -0.152. The summed E-state index contributed by atoms with van der Waals surface area (Å²) in [6.45, 7) is 8.26. The van der Waals surface area contributed by atoms with Crippen molar-refractivity contribution in [2.45, 2.75) is 91.9 Å². The molecule has 0 aliphatic heterocycles. The van der Waals surface area contributed by atoms with Crippen molar-refractivity contribution < 1.29 is 14.7 Å². The van der Waals surface area contributed by atoms with Crippen molar-refractivity contribution >= 4 is 12.3 Å². The lowest BCUT2D eigenvalue weighted by Crippen LogP contribution is -2.37. The van der Waals surface area contributed by atoms with Crippen LogP contribution in [0.2, 0.25) is 0 Å². The highest BCUT2D eigenvalue weighted by molar-refractivity contribution is 5.92. The Bertz CT molecular complexity index is 879. The van der Waals surface area contributed by atoms with Crippen LogP contribution in [0.25, 0.3) is 0 Å². The quantitative estimate of drug-likeness (QED) is 0.258. The molecule has 2 aromatic rings. The van der Waals surface area contributed by atoms with Gasteiger partial charge in [-0.3, -0.25) is 4.79 Å². The first kappa shape index (κ1) is 27.8. The van der Waals surface area contributed by atoms with Gasteiger partial charge in [0.05, 0.1) is 0 Å². The molecule has 0 amide bonds. The molecule has 2 aromatic carbocycles. The number of carbonyl (C=O) groups excluding carboxylic acids is 1. The van der Waals surface area contributed by atoms with E-state index in [0.29, 0.717) is 12.7 Å². The van der Waals surface area contributed by atoms with Crippen LogP contribution in [0.3, 0.4) is 0 Å². The van der Waals surface area contributed by atoms with Crippen molar-refractivity contribution in [1.82, 2.24) is 0 Å². The Morgan fingerprint density at radius 1 is 1.00 bits per heavy atom. The van der Waals surface area contributed by atoms with Gasteiger partial charge in [0.25, 0.3) is 0 Å². The van der Waals surface area contributed by atoms with Crippen LogP contribution >= 0.6 is 0 Å². The highest BCUT2D eigenvalue weighted by Gasteiger charge is 2.40. The largest absolute Gasteiger partial charge is 0.480 e. The number of benzene rings is 2. The van der Waals surface area contributed by atoms with Crippen LogP contribution in [0.5, 0.6) is 0 Å². The molecular weight excluding hydrogens is 420 g/mol. The molecule has 3 nitrogen and oxygen atoms in total. The zero-order chi connectivity index (χ0) is 25.0. The molecule has 0 radical (unpaired) electrons. The Hall–Kier alpha value is -2.42. The average molecular weight is 465 g/mol. The summed E-state index contributed by atoms with van der Waals surface area (Å²) in [5.74, 6) is 0.290. The molecule has 34 heavy (non-hydrogen) atoms. The van der Waals surface area contributed by atoms with Crippen LogP contribution in [0.4, 0.5) is 0 Å². The van der Waals surface area contributed by atoms with Crippen LogP contribution < -0.4 is 0 Å². The van der Waals surface area contributed by atoms with Gasteiger partial charge in [0.1, 0.15) is 11.7 Å². The maximum atomic E-state index is 11.9. The van der Waals surface area contributed by atoms with Gasteiger partial charge in [-0.15, -0.1) is 0 Å². The van der Waals surface area contributed by atoms with E-state index in [4.69, 9.17) is 0 Å². The van der Waals surface area contributed by atoms with E-state index in [1.54, 1.807) is 0 Å². The fourth-order valence-electron chi connectivity index (χ4n) is 4.98. The zero-order valence-corrected chi connectivity index (χ0v) is 21.7. The van der Waals surface area contributed by atoms with E-state index < -0.39 is 11.4 Å². The highest BCUT2D eigenvalue weighted by Crippen LogP contribution is 2.34. The third-order valence-electron chi connectivity index (χ3n) is 7.38. The van der Waals surface area contributed by atoms with Gasteiger partial charge in [-0.1, -0.05) is 107 Å². The Morgan fingerprint density at radius 2 is 1.65 bits per heavy atom. The van der Waals surface area contributed by atoms with Crippen LogP contribution in [-0.2, 0) is 22.4 Å². The first-order valence-corrected chi connectivity index (χ1v) is 13.1. The number of hydrogen-bond acceptors (Lipinski definition) is 2. The number of hydrogen-bond donors (Lipinski definition) is 1. The Morgan fingerprint density at radius 3 is 2.12 bits per heavy atom. The molecule has 3 rings (SSSR count). The van der Waals surface area contributed by atoms with Crippen LogP contribution in [0.15, 0.2) is 48.5 Å². The number of aliphatic carboxylic acids is 1.